The lowest BCUT2D eigenvalue weighted by Gasteiger charge is -2.13. The first kappa shape index (κ1) is 17.5. The van der Waals surface area contributed by atoms with Gasteiger partial charge in [-0.2, -0.15) is 0 Å². The number of benzene rings is 2. The van der Waals surface area contributed by atoms with E-state index >= 15 is 0 Å². The van der Waals surface area contributed by atoms with Crippen LogP contribution in [0.2, 0.25) is 0 Å². The van der Waals surface area contributed by atoms with E-state index in [1.807, 2.05) is 6.07 Å². The quantitative estimate of drug-likeness (QED) is 0.884. The van der Waals surface area contributed by atoms with Crippen molar-refractivity contribution in [2.24, 2.45) is 5.73 Å². The third-order valence-electron chi connectivity index (χ3n) is 4.42. The summed E-state index contributed by atoms with van der Waals surface area (Å²) >= 11 is 0. The predicted molar refractivity (Wildman–Crippen MR) is 95.6 cm³/mol. The maximum atomic E-state index is 11.2. The number of hydrogen-bond donors (Lipinski definition) is 2. The highest BCUT2D eigenvalue weighted by Gasteiger charge is 2.28. The minimum absolute atomic E-state index is 0. The van der Waals surface area contributed by atoms with E-state index < -0.39 is 0 Å². The molecule has 1 aliphatic heterocycles. The monoisotopic (exact) mass is 330 g/mol. The molecule has 2 atom stereocenters. The van der Waals surface area contributed by atoms with Crippen molar-refractivity contribution in [2.75, 3.05) is 0 Å². The van der Waals surface area contributed by atoms with Gasteiger partial charge in [-0.25, -0.2) is 0 Å². The van der Waals surface area contributed by atoms with Crippen molar-refractivity contribution >= 4 is 18.3 Å². The molecule has 0 radical (unpaired) electrons. The van der Waals surface area contributed by atoms with Crippen molar-refractivity contribution in [3.05, 3.63) is 71.3 Å². The fraction of sp³-hybridized carbons (Fsp3) is 0.316. The van der Waals surface area contributed by atoms with Gasteiger partial charge in [0.25, 0.3) is 0 Å². The summed E-state index contributed by atoms with van der Waals surface area (Å²) in [6.45, 7) is 0. The number of amides is 1. The Bertz CT molecular complexity index is 628. The standard InChI is InChI=1S/C19H22N2O.ClH/c20-19(22)18-13-12-17(21-18)16-10-8-15(9-11-16)7-6-14-4-2-1-3-5-14;/h1-5,8-11,17-18,21H,6-7,12-13H2,(H2,20,22);1H/t17-,18+;/m1./s1. The average molecular weight is 331 g/mol. The number of rotatable bonds is 5. The Morgan fingerprint density at radius 2 is 1.57 bits per heavy atom. The molecule has 1 heterocycles. The maximum absolute atomic E-state index is 11.2. The Hall–Kier alpha value is -1.84. The molecule has 2 aromatic rings. The minimum Gasteiger partial charge on any atom is -0.368 e. The highest BCUT2D eigenvalue weighted by Crippen LogP contribution is 2.26. The number of carbonyl (C=O) groups excluding carboxylic acids is 1. The Labute approximate surface area is 143 Å². The number of carbonyl (C=O) groups is 1. The van der Waals surface area contributed by atoms with E-state index in [-0.39, 0.29) is 30.4 Å². The van der Waals surface area contributed by atoms with Gasteiger partial charge in [0.2, 0.25) is 5.91 Å². The summed E-state index contributed by atoms with van der Waals surface area (Å²) in [7, 11) is 0. The predicted octanol–water partition coefficient (Wildman–Crippen LogP) is 3.17. The first-order valence-corrected chi connectivity index (χ1v) is 7.90. The minimum atomic E-state index is -0.248. The highest BCUT2D eigenvalue weighted by molar-refractivity contribution is 5.85. The fourth-order valence-electron chi connectivity index (χ4n) is 3.08. The number of aryl methyl sites for hydroxylation is 2. The second kappa shape index (κ2) is 8.14. The van der Waals surface area contributed by atoms with Crippen LogP contribution < -0.4 is 11.1 Å². The first-order valence-electron chi connectivity index (χ1n) is 7.90. The second-order valence-electron chi connectivity index (χ2n) is 5.98. The number of halogens is 1. The van der Waals surface area contributed by atoms with E-state index in [1.54, 1.807) is 0 Å². The molecular weight excluding hydrogens is 308 g/mol. The zero-order chi connectivity index (χ0) is 15.4. The van der Waals surface area contributed by atoms with Crippen molar-refractivity contribution in [3.8, 4) is 0 Å². The Morgan fingerprint density at radius 1 is 0.957 bits per heavy atom. The van der Waals surface area contributed by atoms with Crippen LogP contribution in [-0.4, -0.2) is 11.9 Å². The van der Waals surface area contributed by atoms with Crippen LogP contribution in [0.1, 0.15) is 35.6 Å². The third-order valence-corrected chi connectivity index (χ3v) is 4.42. The van der Waals surface area contributed by atoms with E-state index in [0.717, 1.165) is 25.7 Å². The maximum Gasteiger partial charge on any atom is 0.234 e. The molecule has 0 spiro atoms. The fourth-order valence-corrected chi connectivity index (χ4v) is 3.08. The van der Waals surface area contributed by atoms with Gasteiger partial charge in [-0.05, 0) is 42.4 Å². The van der Waals surface area contributed by atoms with E-state index in [1.165, 1.54) is 16.7 Å². The molecule has 122 valence electrons. The van der Waals surface area contributed by atoms with Gasteiger partial charge in [-0.1, -0.05) is 54.6 Å². The Balaban J connectivity index is 0.00000192. The molecule has 2 aromatic carbocycles. The molecule has 0 bridgehead atoms. The zero-order valence-corrected chi connectivity index (χ0v) is 13.9. The zero-order valence-electron chi connectivity index (χ0n) is 13.1. The molecule has 0 aliphatic carbocycles. The van der Waals surface area contributed by atoms with Crippen LogP contribution in [-0.2, 0) is 17.6 Å². The number of nitrogens with two attached hydrogens (primary N) is 1. The smallest absolute Gasteiger partial charge is 0.234 e. The molecule has 0 saturated carbocycles. The molecule has 1 amide bonds. The van der Waals surface area contributed by atoms with Gasteiger partial charge < -0.3 is 5.73 Å². The van der Waals surface area contributed by atoms with Crippen LogP contribution in [0.3, 0.4) is 0 Å². The van der Waals surface area contributed by atoms with E-state index in [2.05, 4.69) is 53.8 Å². The highest BCUT2D eigenvalue weighted by atomic mass is 35.5. The van der Waals surface area contributed by atoms with Crippen LogP contribution >= 0.6 is 12.4 Å². The molecule has 4 heteroatoms. The van der Waals surface area contributed by atoms with Crippen LogP contribution in [0.5, 0.6) is 0 Å². The van der Waals surface area contributed by atoms with Crippen molar-refractivity contribution in [1.82, 2.24) is 5.32 Å². The summed E-state index contributed by atoms with van der Waals surface area (Å²) in [5.41, 5.74) is 9.31. The number of hydrogen-bond acceptors (Lipinski definition) is 2. The van der Waals surface area contributed by atoms with Crippen molar-refractivity contribution in [1.29, 1.82) is 0 Å². The van der Waals surface area contributed by atoms with Gasteiger partial charge in [0.05, 0.1) is 6.04 Å². The van der Waals surface area contributed by atoms with E-state index in [9.17, 15) is 4.79 Å². The third kappa shape index (κ3) is 4.57. The van der Waals surface area contributed by atoms with Gasteiger partial charge in [-0.3, -0.25) is 10.1 Å². The lowest BCUT2D eigenvalue weighted by molar-refractivity contribution is -0.119. The Morgan fingerprint density at radius 3 is 2.13 bits per heavy atom. The molecule has 1 aliphatic rings. The van der Waals surface area contributed by atoms with E-state index in [4.69, 9.17) is 5.73 Å². The Kier molecular flexibility index (Phi) is 6.20. The summed E-state index contributed by atoms with van der Waals surface area (Å²) in [4.78, 5) is 11.2. The summed E-state index contributed by atoms with van der Waals surface area (Å²) in [6, 6.07) is 19.3. The molecular formula is C19H23ClN2O. The van der Waals surface area contributed by atoms with Crippen LogP contribution in [0.4, 0.5) is 0 Å². The molecule has 1 fully saturated rings. The number of nitrogens with one attached hydrogen (secondary N) is 1. The molecule has 3 rings (SSSR count). The van der Waals surface area contributed by atoms with Crippen LogP contribution in [0.15, 0.2) is 54.6 Å². The summed E-state index contributed by atoms with van der Waals surface area (Å²) in [6.07, 6.45) is 3.91. The molecule has 3 N–H and O–H groups in total. The average Bonchev–Trinajstić information content (AvgIpc) is 3.05. The topological polar surface area (TPSA) is 55.1 Å². The lowest BCUT2D eigenvalue weighted by Crippen LogP contribution is -2.37. The molecule has 23 heavy (non-hydrogen) atoms. The number of primary amides is 1. The van der Waals surface area contributed by atoms with E-state index in [0.29, 0.717) is 0 Å². The second-order valence-corrected chi connectivity index (χ2v) is 5.98. The van der Waals surface area contributed by atoms with Gasteiger partial charge in [-0.15, -0.1) is 12.4 Å². The largest absolute Gasteiger partial charge is 0.368 e. The molecule has 3 nitrogen and oxygen atoms in total. The molecule has 0 aromatic heterocycles. The first-order chi connectivity index (χ1) is 10.7. The lowest BCUT2D eigenvalue weighted by atomic mass is 10.00. The van der Waals surface area contributed by atoms with Gasteiger partial charge in [0.1, 0.15) is 0 Å². The van der Waals surface area contributed by atoms with Gasteiger partial charge in [0, 0.05) is 6.04 Å². The summed E-state index contributed by atoms with van der Waals surface area (Å²) in [5.74, 6) is -0.248. The van der Waals surface area contributed by atoms with Crippen LogP contribution in [0, 0.1) is 0 Å². The van der Waals surface area contributed by atoms with Crippen molar-refractivity contribution in [3.63, 3.8) is 0 Å². The normalized spacial score (nSPS) is 20.0. The molecule has 1 saturated heterocycles. The van der Waals surface area contributed by atoms with Crippen LogP contribution in [0.25, 0.3) is 0 Å². The van der Waals surface area contributed by atoms with Gasteiger partial charge in [0.15, 0.2) is 0 Å². The van der Waals surface area contributed by atoms with Crippen molar-refractivity contribution in [2.45, 2.75) is 37.8 Å². The summed E-state index contributed by atoms with van der Waals surface area (Å²) < 4.78 is 0. The van der Waals surface area contributed by atoms with Gasteiger partial charge >= 0.3 is 0 Å². The van der Waals surface area contributed by atoms with Crippen molar-refractivity contribution < 1.29 is 4.79 Å². The molecule has 0 unspecified atom stereocenters. The SMILES string of the molecule is Cl.NC(=O)[C@@H]1CC[C@H](c2ccc(CCc3ccccc3)cc2)N1. The summed E-state index contributed by atoms with van der Waals surface area (Å²) in [5, 5.41) is 3.31.